The SMILES string of the molecule is CC/C=C\C/C=C\C/C=C\C/C=C\C/C=C\CCCCCCCCCCCC(=O)OCC(COC(=O)CCCCC/C=C\C/C=C\C/C=C\CC)OC(=O)CCCCCCCCCCCCCCCCCCCCCCC. The summed E-state index contributed by atoms with van der Waals surface area (Å²) in [4.78, 5) is 38.3. The van der Waals surface area contributed by atoms with E-state index < -0.39 is 6.10 Å². The van der Waals surface area contributed by atoms with Gasteiger partial charge in [0.2, 0.25) is 0 Å². The van der Waals surface area contributed by atoms with Crippen LogP contribution in [-0.4, -0.2) is 37.2 Å². The van der Waals surface area contributed by atoms with Crippen molar-refractivity contribution in [2.45, 2.75) is 322 Å². The van der Waals surface area contributed by atoms with E-state index in [2.05, 4.69) is 118 Å². The maximum Gasteiger partial charge on any atom is 0.306 e. The predicted octanol–water partition coefficient (Wildman–Crippen LogP) is 22.4. The number of rotatable bonds is 59. The Morgan fingerprint density at radius 3 is 0.805 bits per heavy atom. The number of esters is 3. The van der Waals surface area contributed by atoms with Gasteiger partial charge in [-0.2, -0.15) is 0 Å². The Morgan fingerprint density at radius 1 is 0.273 bits per heavy atom. The van der Waals surface area contributed by atoms with Crippen molar-refractivity contribution < 1.29 is 28.6 Å². The molecule has 0 spiro atoms. The van der Waals surface area contributed by atoms with Crippen molar-refractivity contribution in [1.29, 1.82) is 0 Å². The van der Waals surface area contributed by atoms with Crippen LogP contribution in [0, 0.1) is 0 Å². The highest BCUT2D eigenvalue weighted by atomic mass is 16.6. The first-order valence-electron chi connectivity index (χ1n) is 32.7. The maximum atomic E-state index is 12.9. The molecular formula is C71H122O6. The van der Waals surface area contributed by atoms with Gasteiger partial charge in [0.1, 0.15) is 13.2 Å². The third-order valence-electron chi connectivity index (χ3n) is 14.1. The normalized spacial score (nSPS) is 12.7. The minimum Gasteiger partial charge on any atom is -0.462 e. The Bertz CT molecular complexity index is 1510. The molecule has 0 aromatic rings. The summed E-state index contributed by atoms with van der Waals surface area (Å²) < 4.78 is 16.9. The number of hydrogen-bond acceptors (Lipinski definition) is 6. The lowest BCUT2D eigenvalue weighted by molar-refractivity contribution is -0.167. The zero-order valence-electron chi connectivity index (χ0n) is 50.7. The monoisotopic (exact) mass is 1070 g/mol. The van der Waals surface area contributed by atoms with Crippen LogP contribution in [0.5, 0.6) is 0 Å². The van der Waals surface area contributed by atoms with E-state index in [9.17, 15) is 14.4 Å². The zero-order chi connectivity index (χ0) is 55.7. The molecule has 0 aliphatic heterocycles. The van der Waals surface area contributed by atoms with Gasteiger partial charge in [-0.25, -0.2) is 0 Å². The van der Waals surface area contributed by atoms with Crippen molar-refractivity contribution in [3.8, 4) is 0 Å². The fourth-order valence-electron chi connectivity index (χ4n) is 9.25. The van der Waals surface area contributed by atoms with Crippen LogP contribution in [0.4, 0.5) is 0 Å². The van der Waals surface area contributed by atoms with Crippen LogP contribution in [0.3, 0.4) is 0 Å². The topological polar surface area (TPSA) is 78.9 Å². The van der Waals surface area contributed by atoms with Gasteiger partial charge < -0.3 is 14.2 Å². The molecule has 0 amide bonds. The quantitative estimate of drug-likeness (QED) is 0.0261. The van der Waals surface area contributed by atoms with Gasteiger partial charge in [-0.3, -0.25) is 14.4 Å². The molecule has 6 nitrogen and oxygen atoms in total. The van der Waals surface area contributed by atoms with E-state index in [4.69, 9.17) is 14.2 Å². The van der Waals surface area contributed by atoms with Crippen LogP contribution >= 0.6 is 0 Å². The first-order chi connectivity index (χ1) is 38.0. The molecular weight excluding hydrogens is 949 g/mol. The Labute approximate surface area is 477 Å². The Balaban J connectivity index is 4.33. The van der Waals surface area contributed by atoms with Gasteiger partial charge in [-0.05, 0) is 96.3 Å². The maximum absolute atomic E-state index is 12.9. The molecule has 6 heteroatoms. The molecule has 0 aromatic heterocycles. The molecule has 0 bridgehead atoms. The lowest BCUT2D eigenvalue weighted by atomic mass is 10.0. The van der Waals surface area contributed by atoms with Gasteiger partial charge in [0.15, 0.2) is 6.10 Å². The van der Waals surface area contributed by atoms with E-state index in [1.54, 1.807) is 0 Å². The second-order valence-electron chi connectivity index (χ2n) is 21.6. The lowest BCUT2D eigenvalue weighted by Gasteiger charge is -2.18. The van der Waals surface area contributed by atoms with Crippen molar-refractivity contribution in [3.63, 3.8) is 0 Å². The molecule has 77 heavy (non-hydrogen) atoms. The number of allylic oxidation sites excluding steroid dienone is 16. The largest absolute Gasteiger partial charge is 0.462 e. The van der Waals surface area contributed by atoms with Crippen LogP contribution < -0.4 is 0 Å². The van der Waals surface area contributed by atoms with Gasteiger partial charge >= 0.3 is 17.9 Å². The van der Waals surface area contributed by atoms with Gasteiger partial charge in [-0.15, -0.1) is 0 Å². The molecule has 0 radical (unpaired) electrons. The highest BCUT2D eigenvalue weighted by molar-refractivity contribution is 5.71. The molecule has 442 valence electrons. The van der Waals surface area contributed by atoms with Gasteiger partial charge in [0, 0.05) is 19.3 Å². The van der Waals surface area contributed by atoms with E-state index >= 15 is 0 Å². The van der Waals surface area contributed by atoms with Crippen molar-refractivity contribution >= 4 is 17.9 Å². The Morgan fingerprint density at radius 2 is 0.506 bits per heavy atom. The molecule has 1 unspecified atom stereocenters. The van der Waals surface area contributed by atoms with Gasteiger partial charge in [0.25, 0.3) is 0 Å². The molecule has 0 fully saturated rings. The molecule has 0 aliphatic carbocycles. The Kier molecular flexibility index (Phi) is 61.8. The van der Waals surface area contributed by atoms with Crippen LogP contribution in [0.2, 0.25) is 0 Å². The summed E-state index contributed by atoms with van der Waals surface area (Å²) in [5.74, 6) is -0.911. The van der Waals surface area contributed by atoms with E-state index in [0.717, 1.165) is 122 Å². The summed E-state index contributed by atoms with van der Waals surface area (Å²) in [5, 5.41) is 0. The molecule has 0 saturated heterocycles. The number of carbonyl (C=O) groups excluding carboxylic acids is 3. The van der Waals surface area contributed by atoms with E-state index in [-0.39, 0.29) is 31.1 Å². The van der Waals surface area contributed by atoms with Crippen molar-refractivity contribution in [2.75, 3.05) is 13.2 Å². The summed E-state index contributed by atoms with van der Waals surface area (Å²) in [6.07, 6.45) is 87.1. The van der Waals surface area contributed by atoms with Crippen molar-refractivity contribution in [1.82, 2.24) is 0 Å². The number of carbonyl (C=O) groups is 3. The van der Waals surface area contributed by atoms with Crippen molar-refractivity contribution in [3.05, 3.63) is 97.2 Å². The third kappa shape index (κ3) is 63.0. The highest BCUT2D eigenvalue weighted by Gasteiger charge is 2.19. The predicted molar refractivity (Wildman–Crippen MR) is 334 cm³/mol. The number of unbranched alkanes of at least 4 members (excludes halogenated alkanes) is 32. The smallest absolute Gasteiger partial charge is 0.306 e. The summed E-state index contributed by atoms with van der Waals surface area (Å²) >= 11 is 0. The first kappa shape index (κ1) is 73.3. The molecule has 0 rings (SSSR count). The number of ether oxygens (including phenoxy) is 3. The first-order valence-corrected chi connectivity index (χ1v) is 32.7. The van der Waals surface area contributed by atoms with Gasteiger partial charge in [-0.1, -0.05) is 298 Å². The average Bonchev–Trinajstić information content (AvgIpc) is 3.43. The van der Waals surface area contributed by atoms with E-state index in [1.807, 2.05) is 0 Å². The summed E-state index contributed by atoms with van der Waals surface area (Å²) in [5.41, 5.74) is 0. The van der Waals surface area contributed by atoms with Crippen LogP contribution in [0.1, 0.15) is 316 Å². The number of hydrogen-bond donors (Lipinski definition) is 0. The average molecular weight is 1070 g/mol. The van der Waals surface area contributed by atoms with Gasteiger partial charge in [0.05, 0.1) is 0 Å². The minimum atomic E-state index is -0.792. The highest BCUT2D eigenvalue weighted by Crippen LogP contribution is 2.17. The molecule has 0 saturated carbocycles. The van der Waals surface area contributed by atoms with E-state index in [0.29, 0.717) is 19.3 Å². The second-order valence-corrected chi connectivity index (χ2v) is 21.6. The summed E-state index contributed by atoms with van der Waals surface area (Å²) in [6, 6.07) is 0. The van der Waals surface area contributed by atoms with E-state index in [1.165, 1.54) is 154 Å². The Hall–Kier alpha value is -3.67. The van der Waals surface area contributed by atoms with Crippen molar-refractivity contribution in [2.24, 2.45) is 0 Å². The molecule has 1 atom stereocenters. The summed E-state index contributed by atoms with van der Waals surface area (Å²) in [6.45, 7) is 6.42. The fourth-order valence-corrected chi connectivity index (χ4v) is 9.25. The molecule has 0 aliphatic rings. The second kappa shape index (κ2) is 64.9. The van der Waals surface area contributed by atoms with Crippen LogP contribution in [0.25, 0.3) is 0 Å². The standard InChI is InChI=1S/C71H122O6/c1-4-7-10-13-16-19-22-25-27-29-31-33-34-35-36-38-39-41-43-46-49-52-55-58-61-64-70(73)76-67-68(66-75-69(72)63-60-57-54-51-48-45-24-21-18-15-12-9-6-3)77-71(74)65-62-59-56-53-50-47-44-42-40-37-32-30-28-26-23-20-17-14-11-8-5-2/h7,9-10,12,16,18-19,21,25,27,31,33,35-36,45,48,68H,4-6,8,11,13-15,17,20,22-24,26,28-30,32,34,37-44,46-47,49-67H2,1-3H3/b10-7-,12-9-,19-16-,21-18-,27-25-,33-31-,36-35-,48-45-. The molecule has 0 N–H and O–H groups in total. The van der Waals surface area contributed by atoms with Crippen LogP contribution in [-0.2, 0) is 28.6 Å². The zero-order valence-corrected chi connectivity index (χ0v) is 50.7. The minimum absolute atomic E-state index is 0.0881. The molecule has 0 aromatic carbocycles. The van der Waals surface area contributed by atoms with Crippen LogP contribution in [0.15, 0.2) is 97.2 Å². The molecule has 0 heterocycles. The fraction of sp³-hybridized carbons (Fsp3) is 0.732. The third-order valence-corrected chi connectivity index (χ3v) is 14.1. The lowest BCUT2D eigenvalue weighted by Crippen LogP contribution is -2.30. The summed E-state index contributed by atoms with van der Waals surface area (Å²) in [7, 11) is 0.